The number of rotatable bonds is 1. The number of nitrogens with one attached hydrogen (secondary N) is 1. The van der Waals surface area contributed by atoms with Crippen molar-refractivity contribution in [3.8, 4) is 5.75 Å². The molecule has 2 aromatic carbocycles. The number of methoxy groups -OCH3 is 1. The van der Waals surface area contributed by atoms with Crippen molar-refractivity contribution in [3.63, 3.8) is 0 Å². The Bertz CT molecular complexity index is 670. The molecular weight excluding hydrogens is 270 g/mol. The average molecular weight is 288 g/mol. The van der Waals surface area contributed by atoms with E-state index in [-0.39, 0.29) is 17.9 Å². The van der Waals surface area contributed by atoms with Crippen LogP contribution >= 0.6 is 12.4 Å². The van der Waals surface area contributed by atoms with Crippen molar-refractivity contribution in [2.45, 2.75) is 24.9 Å². The molecular formula is C17H18ClNO. The monoisotopic (exact) mass is 287 g/mol. The van der Waals surface area contributed by atoms with Gasteiger partial charge in [-0.15, -0.1) is 12.4 Å². The maximum Gasteiger partial charge on any atom is 0.119 e. The lowest BCUT2D eigenvalue weighted by Crippen LogP contribution is -2.41. The largest absolute Gasteiger partial charge is 0.497 e. The molecule has 20 heavy (non-hydrogen) atoms. The molecule has 2 unspecified atom stereocenters. The second-order valence-electron chi connectivity index (χ2n) is 5.64. The lowest BCUT2D eigenvalue weighted by atomic mass is 9.82. The van der Waals surface area contributed by atoms with Gasteiger partial charge < -0.3 is 4.74 Å². The Morgan fingerprint density at radius 2 is 1.95 bits per heavy atom. The maximum absolute atomic E-state index is 5.37. The van der Waals surface area contributed by atoms with Crippen LogP contribution in [-0.2, 0) is 12.0 Å². The first-order chi connectivity index (χ1) is 9.22. The quantitative estimate of drug-likeness (QED) is 0.866. The predicted octanol–water partition coefficient (Wildman–Crippen LogP) is 3.58. The molecule has 0 aliphatic carbocycles. The van der Waals surface area contributed by atoms with Crippen LogP contribution in [0.2, 0.25) is 0 Å². The Kier molecular flexibility index (Phi) is 3.03. The SMILES string of the molecule is COc1ccc2c(c1)C1Cc3ccccc3C2(C)N1.Cl. The van der Waals surface area contributed by atoms with E-state index in [0.29, 0.717) is 6.04 Å². The summed E-state index contributed by atoms with van der Waals surface area (Å²) in [4.78, 5) is 0. The van der Waals surface area contributed by atoms with Crippen LogP contribution in [0.25, 0.3) is 0 Å². The lowest BCUT2D eigenvalue weighted by Gasteiger charge is -2.34. The van der Waals surface area contributed by atoms with E-state index in [1.165, 1.54) is 22.3 Å². The summed E-state index contributed by atoms with van der Waals surface area (Å²) in [5.41, 5.74) is 5.60. The smallest absolute Gasteiger partial charge is 0.119 e. The number of fused-ring (bicyclic) bond motifs is 7. The molecule has 3 heteroatoms. The van der Waals surface area contributed by atoms with Crippen LogP contribution in [0.1, 0.15) is 35.2 Å². The van der Waals surface area contributed by atoms with E-state index in [1.807, 2.05) is 0 Å². The van der Waals surface area contributed by atoms with Crippen molar-refractivity contribution < 1.29 is 4.74 Å². The molecule has 1 N–H and O–H groups in total. The summed E-state index contributed by atoms with van der Waals surface area (Å²) < 4.78 is 5.37. The van der Waals surface area contributed by atoms with Gasteiger partial charge in [0.2, 0.25) is 0 Å². The van der Waals surface area contributed by atoms with Crippen LogP contribution in [0.3, 0.4) is 0 Å². The Balaban J connectivity index is 0.00000121. The average Bonchev–Trinajstić information content (AvgIpc) is 2.68. The summed E-state index contributed by atoms with van der Waals surface area (Å²) in [6.07, 6.45) is 1.06. The minimum Gasteiger partial charge on any atom is -0.497 e. The normalized spacial score (nSPS) is 25.4. The molecule has 2 heterocycles. The standard InChI is InChI=1S/C17H17NO.ClH/c1-17-14-6-4-3-5-11(14)9-16(18-17)13-10-12(19-2)7-8-15(13)17;/h3-8,10,16,18H,9H2,1-2H3;1H. The van der Waals surface area contributed by atoms with Crippen LogP contribution in [0.5, 0.6) is 5.75 Å². The van der Waals surface area contributed by atoms with Crippen molar-refractivity contribution in [2.75, 3.05) is 7.11 Å². The van der Waals surface area contributed by atoms with E-state index >= 15 is 0 Å². The summed E-state index contributed by atoms with van der Waals surface area (Å²) in [6, 6.07) is 15.6. The fourth-order valence-corrected chi connectivity index (χ4v) is 3.71. The van der Waals surface area contributed by atoms with E-state index in [9.17, 15) is 0 Å². The Morgan fingerprint density at radius 1 is 1.15 bits per heavy atom. The summed E-state index contributed by atoms with van der Waals surface area (Å²) in [5, 5.41) is 3.78. The van der Waals surface area contributed by atoms with E-state index < -0.39 is 0 Å². The zero-order chi connectivity index (χ0) is 13.0. The third kappa shape index (κ3) is 1.62. The van der Waals surface area contributed by atoms with Gasteiger partial charge in [0, 0.05) is 6.04 Å². The molecule has 2 aliphatic heterocycles. The Morgan fingerprint density at radius 3 is 2.75 bits per heavy atom. The van der Waals surface area contributed by atoms with Gasteiger partial charge in [0.1, 0.15) is 5.75 Å². The summed E-state index contributed by atoms with van der Waals surface area (Å²) in [6.45, 7) is 2.29. The molecule has 0 spiro atoms. The minimum atomic E-state index is -0.0544. The highest BCUT2D eigenvalue weighted by Gasteiger charge is 2.45. The first-order valence-electron chi connectivity index (χ1n) is 6.77. The highest BCUT2D eigenvalue weighted by molar-refractivity contribution is 5.85. The van der Waals surface area contributed by atoms with Gasteiger partial charge in [-0.1, -0.05) is 30.3 Å². The van der Waals surface area contributed by atoms with E-state index in [2.05, 4.69) is 54.7 Å². The number of ether oxygens (including phenoxy) is 1. The molecule has 2 nitrogen and oxygen atoms in total. The third-order valence-corrected chi connectivity index (χ3v) is 4.62. The molecule has 4 rings (SSSR count). The van der Waals surface area contributed by atoms with Crippen LogP contribution in [0.4, 0.5) is 0 Å². The molecule has 0 aromatic heterocycles. The highest BCUT2D eigenvalue weighted by atomic mass is 35.5. The van der Waals surface area contributed by atoms with E-state index in [1.54, 1.807) is 7.11 Å². The van der Waals surface area contributed by atoms with Crippen molar-refractivity contribution in [3.05, 3.63) is 64.7 Å². The molecule has 0 amide bonds. The van der Waals surface area contributed by atoms with Crippen LogP contribution in [0.15, 0.2) is 42.5 Å². The maximum atomic E-state index is 5.37. The number of hydrogen-bond acceptors (Lipinski definition) is 2. The van der Waals surface area contributed by atoms with Crippen LogP contribution in [-0.4, -0.2) is 7.11 Å². The minimum absolute atomic E-state index is 0. The van der Waals surface area contributed by atoms with E-state index in [4.69, 9.17) is 4.74 Å². The fourth-order valence-electron chi connectivity index (χ4n) is 3.71. The molecule has 2 atom stereocenters. The van der Waals surface area contributed by atoms with Gasteiger partial charge in [-0.05, 0) is 47.7 Å². The molecule has 0 saturated heterocycles. The fraction of sp³-hybridized carbons (Fsp3) is 0.294. The molecule has 0 radical (unpaired) electrons. The Labute approximate surface area is 125 Å². The van der Waals surface area contributed by atoms with Crippen LogP contribution < -0.4 is 10.1 Å². The second-order valence-corrected chi connectivity index (χ2v) is 5.64. The molecule has 104 valence electrons. The van der Waals surface area contributed by atoms with Crippen LogP contribution in [0, 0.1) is 0 Å². The highest BCUT2D eigenvalue weighted by Crippen LogP contribution is 2.48. The molecule has 2 aromatic rings. The first-order valence-corrected chi connectivity index (χ1v) is 6.77. The summed E-state index contributed by atoms with van der Waals surface area (Å²) in [5.74, 6) is 0.945. The molecule has 2 bridgehead atoms. The van der Waals surface area contributed by atoms with Gasteiger partial charge in [-0.2, -0.15) is 0 Å². The Hall–Kier alpha value is -1.51. The molecule has 0 fully saturated rings. The van der Waals surface area contributed by atoms with Crippen molar-refractivity contribution in [1.82, 2.24) is 5.32 Å². The zero-order valence-corrected chi connectivity index (χ0v) is 12.5. The molecule has 2 aliphatic rings. The van der Waals surface area contributed by atoms with Gasteiger partial charge in [0.25, 0.3) is 0 Å². The van der Waals surface area contributed by atoms with Crippen molar-refractivity contribution in [2.24, 2.45) is 0 Å². The predicted molar refractivity (Wildman–Crippen MR) is 82.7 cm³/mol. The van der Waals surface area contributed by atoms with Gasteiger partial charge in [-0.25, -0.2) is 0 Å². The van der Waals surface area contributed by atoms with E-state index in [0.717, 1.165) is 12.2 Å². The summed E-state index contributed by atoms with van der Waals surface area (Å²) in [7, 11) is 1.73. The third-order valence-electron chi connectivity index (χ3n) is 4.62. The first kappa shape index (κ1) is 13.5. The number of halogens is 1. The van der Waals surface area contributed by atoms with Gasteiger partial charge in [0.15, 0.2) is 0 Å². The van der Waals surface area contributed by atoms with Crippen molar-refractivity contribution in [1.29, 1.82) is 0 Å². The van der Waals surface area contributed by atoms with Crippen molar-refractivity contribution >= 4 is 12.4 Å². The lowest BCUT2D eigenvalue weighted by molar-refractivity contribution is 0.388. The van der Waals surface area contributed by atoms with Gasteiger partial charge in [-0.3, -0.25) is 5.32 Å². The van der Waals surface area contributed by atoms with Gasteiger partial charge in [0.05, 0.1) is 12.6 Å². The number of benzene rings is 2. The summed E-state index contributed by atoms with van der Waals surface area (Å²) >= 11 is 0. The van der Waals surface area contributed by atoms with Gasteiger partial charge >= 0.3 is 0 Å². The topological polar surface area (TPSA) is 21.3 Å². The number of hydrogen-bond donors (Lipinski definition) is 1. The second kappa shape index (κ2) is 4.51. The molecule has 0 saturated carbocycles. The zero-order valence-electron chi connectivity index (χ0n) is 11.6.